The summed E-state index contributed by atoms with van der Waals surface area (Å²) in [6.45, 7) is 0.936. The quantitative estimate of drug-likeness (QED) is 0.787. The average molecular weight is 274 g/mol. The Morgan fingerprint density at radius 2 is 1.95 bits per heavy atom. The lowest BCUT2D eigenvalue weighted by atomic mass is 10.0. The molecule has 0 spiro atoms. The highest BCUT2D eigenvalue weighted by Gasteiger charge is 2.34. The molecule has 106 valence electrons. The standard InChI is InChI=1S/C14H17F3O2/c15-14(16,17)8-6-12(13-7-9-18-13)19-10-11-4-2-1-3-5-11/h1-5,12-13H,6-10H2. The molecule has 0 N–H and O–H groups in total. The van der Waals surface area contributed by atoms with E-state index in [1.165, 1.54) is 0 Å². The van der Waals surface area contributed by atoms with Crippen molar-refractivity contribution in [3.63, 3.8) is 0 Å². The second-order valence-corrected chi connectivity index (χ2v) is 4.69. The van der Waals surface area contributed by atoms with Gasteiger partial charge in [0.25, 0.3) is 0 Å². The maximum Gasteiger partial charge on any atom is 0.389 e. The molecule has 1 aliphatic heterocycles. The highest BCUT2D eigenvalue weighted by molar-refractivity contribution is 5.13. The molecule has 1 fully saturated rings. The molecule has 0 radical (unpaired) electrons. The number of benzene rings is 1. The van der Waals surface area contributed by atoms with Crippen molar-refractivity contribution in [3.05, 3.63) is 35.9 Å². The molecular weight excluding hydrogens is 257 g/mol. The molecule has 0 aromatic heterocycles. The number of alkyl halides is 3. The van der Waals surface area contributed by atoms with Gasteiger partial charge in [-0.3, -0.25) is 0 Å². The van der Waals surface area contributed by atoms with Crippen molar-refractivity contribution in [2.24, 2.45) is 0 Å². The van der Waals surface area contributed by atoms with Gasteiger partial charge < -0.3 is 9.47 Å². The smallest absolute Gasteiger partial charge is 0.375 e. The van der Waals surface area contributed by atoms with E-state index in [4.69, 9.17) is 9.47 Å². The van der Waals surface area contributed by atoms with Crippen molar-refractivity contribution in [1.29, 1.82) is 0 Å². The summed E-state index contributed by atoms with van der Waals surface area (Å²) in [6, 6.07) is 9.43. The summed E-state index contributed by atoms with van der Waals surface area (Å²) in [5, 5.41) is 0. The molecule has 1 saturated heterocycles. The molecule has 1 aliphatic rings. The normalized spacial score (nSPS) is 20.9. The van der Waals surface area contributed by atoms with Crippen molar-refractivity contribution in [3.8, 4) is 0 Å². The third kappa shape index (κ3) is 4.84. The zero-order chi connectivity index (χ0) is 13.7. The summed E-state index contributed by atoms with van der Waals surface area (Å²) in [5.41, 5.74) is 0.957. The van der Waals surface area contributed by atoms with E-state index < -0.39 is 18.7 Å². The molecule has 0 bridgehead atoms. The van der Waals surface area contributed by atoms with Crippen LogP contribution in [0.25, 0.3) is 0 Å². The summed E-state index contributed by atoms with van der Waals surface area (Å²) in [6.07, 6.45) is -4.90. The van der Waals surface area contributed by atoms with Gasteiger partial charge in [-0.1, -0.05) is 30.3 Å². The van der Waals surface area contributed by atoms with Crippen LogP contribution in [-0.4, -0.2) is 25.0 Å². The third-order valence-corrected chi connectivity index (χ3v) is 3.17. The van der Waals surface area contributed by atoms with Crippen LogP contribution >= 0.6 is 0 Å². The Morgan fingerprint density at radius 3 is 2.47 bits per heavy atom. The Balaban J connectivity index is 1.83. The Labute approximate surface area is 110 Å². The van der Waals surface area contributed by atoms with E-state index in [2.05, 4.69) is 0 Å². The van der Waals surface area contributed by atoms with Crippen LogP contribution in [0.5, 0.6) is 0 Å². The van der Waals surface area contributed by atoms with E-state index in [1.54, 1.807) is 0 Å². The number of ether oxygens (including phenoxy) is 2. The monoisotopic (exact) mass is 274 g/mol. The molecule has 2 unspecified atom stereocenters. The number of hydrogen-bond donors (Lipinski definition) is 0. The molecule has 0 aliphatic carbocycles. The van der Waals surface area contributed by atoms with Gasteiger partial charge in [0, 0.05) is 13.0 Å². The van der Waals surface area contributed by atoms with Crippen molar-refractivity contribution < 1.29 is 22.6 Å². The van der Waals surface area contributed by atoms with E-state index in [0.29, 0.717) is 13.2 Å². The Bertz CT molecular complexity index is 374. The summed E-state index contributed by atoms with van der Waals surface area (Å²) < 4.78 is 47.7. The van der Waals surface area contributed by atoms with Gasteiger partial charge in [0.1, 0.15) is 0 Å². The highest BCUT2D eigenvalue weighted by Crippen LogP contribution is 2.28. The fourth-order valence-electron chi connectivity index (χ4n) is 2.01. The van der Waals surface area contributed by atoms with Gasteiger partial charge in [0.2, 0.25) is 0 Å². The summed E-state index contributed by atoms with van der Waals surface area (Å²) in [5.74, 6) is 0. The molecule has 5 heteroatoms. The zero-order valence-electron chi connectivity index (χ0n) is 10.5. The molecule has 1 aromatic rings. The summed E-state index contributed by atoms with van der Waals surface area (Å²) in [4.78, 5) is 0. The zero-order valence-corrected chi connectivity index (χ0v) is 10.5. The fraction of sp³-hybridized carbons (Fsp3) is 0.571. The predicted octanol–water partition coefficient (Wildman–Crippen LogP) is 3.70. The van der Waals surface area contributed by atoms with E-state index in [0.717, 1.165) is 12.0 Å². The third-order valence-electron chi connectivity index (χ3n) is 3.17. The van der Waals surface area contributed by atoms with Gasteiger partial charge in [-0.25, -0.2) is 0 Å². The lowest BCUT2D eigenvalue weighted by molar-refractivity contribution is -0.170. The minimum Gasteiger partial charge on any atom is -0.375 e. The molecular formula is C14H17F3O2. The van der Waals surface area contributed by atoms with Gasteiger partial charge in [-0.15, -0.1) is 0 Å². The molecule has 19 heavy (non-hydrogen) atoms. The minimum atomic E-state index is -4.14. The molecule has 1 aromatic carbocycles. The van der Waals surface area contributed by atoms with E-state index in [1.807, 2.05) is 30.3 Å². The van der Waals surface area contributed by atoms with Crippen molar-refractivity contribution in [1.82, 2.24) is 0 Å². The maximum absolute atomic E-state index is 12.3. The van der Waals surface area contributed by atoms with Gasteiger partial charge in [0.05, 0.1) is 18.8 Å². The predicted molar refractivity (Wildman–Crippen MR) is 64.7 cm³/mol. The van der Waals surface area contributed by atoms with Crippen LogP contribution in [0, 0.1) is 0 Å². The second-order valence-electron chi connectivity index (χ2n) is 4.69. The molecule has 0 amide bonds. The molecule has 1 heterocycles. The van der Waals surface area contributed by atoms with E-state index >= 15 is 0 Å². The fourth-order valence-corrected chi connectivity index (χ4v) is 2.01. The summed E-state index contributed by atoms with van der Waals surface area (Å²) >= 11 is 0. The first-order chi connectivity index (χ1) is 9.04. The average Bonchev–Trinajstić information content (AvgIpc) is 2.30. The van der Waals surface area contributed by atoms with E-state index in [9.17, 15) is 13.2 Å². The Kier molecular flexibility index (Phi) is 4.82. The minimum absolute atomic E-state index is 0.0407. The largest absolute Gasteiger partial charge is 0.389 e. The van der Waals surface area contributed by atoms with Crippen molar-refractivity contribution >= 4 is 0 Å². The number of hydrogen-bond acceptors (Lipinski definition) is 2. The van der Waals surface area contributed by atoms with Gasteiger partial charge >= 0.3 is 6.18 Å². The van der Waals surface area contributed by atoms with Crippen molar-refractivity contribution in [2.45, 2.75) is 44.3 Å². The topological polar surface area (TPSA) is 18.5 Å². The van der Waals surface area contributed by atoms with Crippen LogP contribution in [0.2, 0.25) is 0 Å². The van der Waals surface area contributed by atoms with Crippen LogP contribution < -0.4 is 0 Å². The van der Waals surface area contributed by atoms with Crippen LogP contribution in [0.1, 0.15) is 24.8 Å². The number of rotatable bonds is 6. The second kappa shape index (κ2) is 6.39. The van der Waals surface area contributed by atoms with Crippen molar-refractivity contribution in [2.75, 3.05) is 6.61 Å². The molecule has 2 nitrogen and oxygen atoms in total. The van der Waals surface area contributed by atoms with Crippen LogP contribution in [0.4, 0.5) is 13.2 Å². The first kappa shape index (κ1) is 14.3. The SMILES string of the molecule is FC(F)(F)CCC(OCc1ccccc1)C1CCO1. The molecule has 2 rings (SSSR count). The summed E-state index contributed by atoms with van der Waals surface area (Å²) in [7, 11) is 0. The van der Waals surface area contributed by atoms with E-state index in [-0.39, 0.29) is 12.5 Å². The molecule has 0 saturated carbocycles. The molecule has 2 atom stereocenters. The highest BCUT2D eigenvalue weighted by atomic mass is 19.4. The van der Waals surface area contributed by atoms with Gasteiger partial charge in [0.15, 0.2) is 0 Å². The maximum atomic E-state index is 12.3. The van der Waals surface area contributed by atoms with Crippen LogP contribution in [0.3, 0.4) is 0 Å². The first-order valence-electron chi connectivity index (χ1n) is 6.38. The van der Waals surface area contributed by atoms with Crippen LogP contribution in [0.15, 0.2) is 30.3 Å². The van der Waals surface area contributed by atoms with Gasteiger partial charge in [-0.2, -0.15) is 13.2 Å². The lowest BCUT2D eigenvalue weighted by Gasteiger charge is -2.34. The Morgan fingerprint density at radius 1 is 1.26 bits per heavy atom. The van der Waals surface area contributed by atoms with Crippen LogP contribution in [-0.2, 0) is 16.1 Å². The number of halogens is 3. The first-order valence-corrected chi connectivity index (χ1v) is 6.38. The van der Waals surface area contributed by atoms with Gasteiger partial charge in [-0.05, 0) is 18.4 Å². The Hall–Kier alpha value is -1.07. The lowest BCUT2D eigenvalue weighted by Crippen LogP contribution is -2.40.